The molecule has 10 heteroatoms. The Balaban J connectivity index is 1.39. The van der Waals surface area contributed by atoms with Gasteiger partial charge < -0.3 is 30.2 Å². The van der Waals surface area contributed by atoms with E-state index in [4.69, 9.17) is 31.2 Å². The van der Waals surface area contributed by atoms with Crippen molar-refractivity contribution in [2.45, 2.75) is 38.9 Å². The number of rotatable bonds is 15. The summed E-state index contributed by atoms with van der Waals surface area (Å²) in [5, 5.41) is 13.9. The van der Waals surface area contributed by atoms with Crippen LogP contribution in [0.15, 0.2) is 169 Å². The van der Waals surface area contributed by atoms with E-state index in [-0.39, 0.29) is 18.0 Å². The molecule has 304 valence electrons. The van der Waals surface area contributed by atoms with E-state index in [1.807, 2.05) is 136 Å². The highest BCUT2D eigenvalue weighted by Crippen LogP contribution is 2.48. The maximum absolute atomic E-state index is 14.4. The number of hydrogen-bond donors (Lipinski definition) is 3. The van der Waals surface area contributed by atoms with Crippen LogP contribution in [0.5, 0.6) is 17.2 Å². The Morgan fingerprint density at radius 3 is 1.29 bits per heavy atom. The maximum atomic E-state index is 14.4. The van der Waals surface area contributed by atoms with Crippen molar-refractivity contribution < 1.29 is 19.0 Å². The van der Waals surface area contributed by atoms with Gasteiger partial charge in [-0.1, -0.05) is 112 Å². The molecule has 0 radical (unpaired) electrons. The summed E-state index contributed by atoms with van der Waals surface area (Å²) in [5.74, 6) is 2.11. The van der Waals surface area contributed by atoms with Crippen LogP contribution in [0.2, 0.25) is 0 Å². The molecule has 6 aromatic carbocycles. The number of nitrogens with one attached hydrogen (secondary N) is 3. The van der Waals surface area contributed by atoms with Gasteiger partial charge in [0.2, 0.25) is 5.91 Å². The van der Waals surface area contributed by atoms with Gasteiger partial charge in [-0.2, -0.15) is 0 Å². The lowest BCUT2D eigenvalue weighted by Crippen LogP contribution is -2.56. The fourth-order valence-electron chi connectivity index (χ4n) is 7.09. The monoisotopic (exact) mass is 824 g/mol. The topological polar surface area (TPSA) is 93.2 Å². The molecule has 2 atom stereocenters. The van der Waals surface area contributed by atoms with Crippen molar-refractivity contribution in [2.24, 2.45) is 10.2 Å². The second kappa shape index (κ2) is 19.7. The van der Waals surface area contributed by atoms with E-state index in [2.05, 4.69) is 64.5 Å². The lowest BCUT2D eigenvalue weighted by molar-refractivity contribution is -0.125. The first kappa shape index (κ1) is 42.7. The number of benzene rings is 6. The molecule has 0 aliphatic rings. The Labute approximate surface area is 354 Å². The summed E-state index contributed by atoms with van der Waals surface area (Å²) in [6.07, 6.45) is 0. The lowest BCUT2D eigenvalue weighted by atomic mass is 9.85. The Kier molecular flexibility index (Phi) is 14.3. The summed E-state index contributed by atoms with van der Waals surface area (Å²) in [6.45, 7) is 6.46. The molecule has 0 aliphatic heterocycles. The van der Waals surface area contributed by atoms with Crippen molar-refractivity contribution in [2.75, 3.05) is 27.9 Å². The molecule has 0 fully saturated rings. The van der Waals surface area contributed by atoms with Gasteiger partial charge in [-0.3, -0.25) is 9.54 Å². The minimum absolute atomic E-state index is 0.163. The van der Waals surface area contributed by atoms with E-state index in [1.54, 1.807) is 21.3 Å². The standard InChI is InChI=1S/C49H53N4O4PS/c1-49(2,3)46(47(54)52-45(36-18-12-8-13-19-36)37-20-14-9-15-21-37)53-48(59)51-44(35-16-10-7-11-17-35)34-50-58(41-28-22-38(55-4)23-29-41,42-30-24-39(56-5)25-31-42)43-32-26-40(57-6)27-33-43/h7-33,44-46H,34H2,1-6H3,(H,52,54)(H2,51,53,59)/t44-,46+/m1/s1. The van der Waals surface area contributed by atoms with Gasteiger partial charge in [0.25, 0.3) is 0 Å². The van der Waals surface area contributed by atoms with Crippen LogP contribution in [0.1, 0.15) is 49.5 Å². The van der Waals surface area contributed by atoms with Gasteiger partial charge in [0.15, 0.2) is 5.11 Å². The number of hydrogen-bond acceptors (Lipinski definition) is 6. The third-order valence-corrected chi connectivity index (χ3v) is 14.2. The zero-order valence-electron chi connectivity index (χ0n) is 34.5. The third kappa shape index (κ3) is 10.4. The molecule has 0 aromatic heterocycles. The highest BCUT2D eigenvalue weighted by molar-refractivity contribution is 7.87. The second-order valence-corrected chi connectivity index (χ2v) is 18.7. The first-order chi connectivity index (χ1) is 28.5. The normalized spacial score (nSPS) is 12.5. The number of ether oxygens (including phenoxy) is 3. The van der Waals surface area contributed by atoms with E-state index in [0.29, 0.717) is 11.7 Å². The van der Waals surface area contributed by atoms with Gasteiger partial charge in [-0.25, -0.2) is 0 Å². The van der Waals surface area contributed by atoms with Crippen molar-refractivity contribution in [3.8, 4) is 17.2 Å². The number of carbonyl (C=O) groups excluding carboxylic acids is 1. The quantitative estimate of drug-likeness (QED) is 0.0705. The molecule has 0 heterocycles. The van der Waals surface area contributed by atoms with Crippen LogP contribution in [-0.2, 0) is 4.79 Å². The summed E-state index contributed by atoms with van der Waals surface area (Å²) < 4.78 is 22.5. The van der Waals surface area contributed by atoms with Gasteiger partial charge in [0.05, 0.1) is 47.0 Å². The Hall–Kier alpha value is -5.89. The van der Waals surface area contributed by atoms with Gasteiger partial charge in [0.1, 0.15) is 23.3 Å². The average Bonchev–Trinajstić information content (AvgIpc) is 3.28. The summed E-state index contributed by atoms with van der Waals surface area (Å²) in [7, 11) is 2.29. The molecular formula is C49H53N4O4PS. The summed E-state index contributed by atoms with van der Waals surface area (Å²) >= 11 is 6.09. The van der Waals surface area contributed by atoms with Gasteiger partial charge in [-0.05, 0) is 107 Å². The number of amides is 1. The maximum Gasteiger partial charge on any atom is 0.243 e. The number of methoxy groups -OCH3 is 3. The van der Waals surface area contributed by atoms with E-state index in [9.17, 15) is 4.79 Å². The highest BCUT2D eigenvalue weighted by atomic mass is 32.1. The van der Waals surface area contributed by atoms with E-state index >= 15 is 0 Å². The van der Waals surface area contributed by atoms with E-state index in [1.165, 1.54) is 0 Å². The Morgan fingerprint density at radius 1 is 0.559 bits per heavy atom. The predicted molar refractivity (Wildman–Crippen MR) is 246 cm³/mol. The fraction of sp³-hybridized carbons (Fsp3) is 0.224. The van der Waals surface area contributed by atoms with Crippen molar-refractivity contribution in [3.63, 3.8) is 0 Å². The van der Waals surface area contributed by atoms with Crippen molar-refractivity contribution in [3.05, 3.63) is 180 Å². The molecule has 0 spiro atoms. The van der Waals surface area contributed by atoms with Crippen molar-refractivity contribution in [1.29, 1.82) is 0 Å². The molecule has 3 N–H and O–H groups in total. The first-order valence-electron chi connectivity index (χ1n) is 19.6. The summed E-state index contributed by atoms with van der Waals surface area (Å²) in [4.78, 5) is 14.4. The van der Waals surface area contributed by atoms with Crippen LogP contribution < -0.4 is 46.1 Å². The van der Waals surface area contributed by atoms with Gasteiger partial charge >= 0.3 is 0 Å². The zero-order chi connectivity index (χ0) is 41.8. The fourth-order valence-corrected chi connectivity index (χ4v) is 10.9. The summed E-state index contributed by atoms with van der Waals surface area (Å²) in [6, 6.07) is 53.3. The molecule has 6 aromatic rings. The second-order valence-electron chi connectivity index (χ2n) is 15.2. The van der Waals surface area contributed by atoms with Crippen molar-refractivity contribution in [1.82, 2.24) is 16.0 Å². The minimum atomic E-state index is -2.72. The van der Waals surface area contributed by atoms with Gasteiger partial charge in [-0.15, -0.1) is 0 Å². The van der Waals surface area contributed by atoms with Crippen LogP contribution in [0.4, 0.5) is 0 Å². The molecule has 0 saturated carbocycles. The molecule has 59 heavy (non-hydrogen) atoms. The molecule has 0 aliphatic carbocycles. The number of thiocarbonyl (C=S) groups is 1. The Morgan fingerprint density at radius 2 is 0.932 bits per heavy atom. The lowest BCUT2D eigenvalue weighted by Gasteiger charge is -2.34. The van der Waals surface area contributed by atoms with Crippen molar-refractivity contribution >= 4 is 46.2 Å². The SMILES string of the molecule is COc1ccc(P(=NC[C@@H](NC(=S)N[C@@H](C(=O)NC(c2ccccc2)c2ccccc2)C(C)(C)C)c2ccccc2)(c2ccc(OC)cc2)c2ccc(OC)cc2)cc1. The number of carbonyl (C=O) groups is 1. The largest absolute Gasteiger partial charge is 0.497 e. The Bertz CT molecular complexity index is 2160. The minimum Gasteiger partial charge on any atom is -0.497 e. The smallest absolute Gasteiger partial charge is 0.243 e. The van der Waals surface area contributed by atoms with Crippen LogP contribution >= 0.6 is 19.3 Å². The molecule has 1 amide bonds. The first-order valence-corrected chi connectivity index (χ1v) is 21.7. The zero-order valence-corrected chi connectivity index (χ0v) is 36.2. The average molecular weight is 825 g/mol. The van der Waals surface area contributed by atoms with Crippen LogP contribution in [0.3, 0.4) is 0 Å². The molecule has 0 saturated heterocycles. The molecule has 0 unspecified atom stereocenters. The van der Waals surface area contributed by atoms with E-state index in [0.717, 1.165) is 49.9 Å². The molecule has 0 bridgehead atoms. The van der Waals surface area contributed by atoms with Crippen LogP contribution in [-0.4, -0.2) is 44.9 Å². The molecular weight excluding hydrogens is 772 g/mol. The molecule has 8 nitrogen and oxygen atoms in total. The summed E-state index contributed by atoms with van der Waals surface area (Å²) in [5.41, 5.74) is 2.48. The predicted octanol–water partition coefficient (Wildman–Crippen LogP) is 8.72. The van der Waals surface area contributed by atoms with E-state index < -0.39 is 18.5 Å². The van der Waals surface area contributed by atoms with Crippen LogP contribution in [0.25, 0.3) is 0 Å². The number of nitrogens with zero attached hydrogens (tertiary/aromatic N) is 1. The highest BCUT2D eigenvalue weighted by Gasteiger charge is 2.34. The molecule has 6 rings (SSSR count). The third-order valence-electron chi connectivity index (χ3n) is 10.3. The van der Waals surface area contributed by atoms with Crippen LogP contribution in [0, 0.1) is 5.41 Å². The van der Waals surface area contributed by atoms with Gasteiger partial charge in [0, 0.05) is 15.9 Å².